The van der Waals surface area contributed by atoms with Crippen molar-refractivity contribution in [3.8, 4) is 5.75 Å². The molecule has 3 rings (SSSR count). The first-order valence-electron chi connectivity index (χ1n) is 9.86. The number of rotatable bonds is 4. The largest absolute Gasteiger partial charge is 0.490 e. The quantitative estimate of drug-likeness (QED) is 0.576. The van der Waals surface area contributed by atoms with Crippen LogP contribution in [-0.4, -0.2) is 19.3 Å². The molecule has 2 aliphatic rings. The van der Waals surface area contributed by atoms with Crippen LogP contribution < -0.4 is 4.74 Å². The maximum absolute atomic E-state index is 14.2. The first-order valence-corrected chi connectivity index (χ1v) is 9.86. The molecule has 0 spiro atoms. The molecule has 1 aromatic carbocycles. The third-order valence-corrected chi connectivity index (χ3v) is 6.06. The molecule has 2 atom stereocenters. The van der Waals surface area contributed by atoms with Gasteiger partial charge in [0.1, 0.15) is 0 Å². The Morgan fingerprint density at radius 2 is 1.78 bits per heavy atom. The van der Waals surface area contributed by atoms with E-state index in [4.69, 9.17) is 9.47 Å². The van der Waals surface area contributed by atoms with Crippen LogP contribution in [0, 0.1) is 30.5 Å². The smallest absolute Gasteiger partial charge is 0.419 e. The molecular weight excluding hydrogens is 360 g/mol. The lowest BCUT2D eigenvalue weighted by molar-refractivity contribution is -0.140. The van der Waals surface area contributed by atoms with Crippen LogP contribution in [0.25, 0.3) is 0 Å². The Labute approximate surface area is 158 Å². The Balaban J connectivity index is 1.52. The van der Waals surface area contributed by atoms with E-state index in [2.05, 4.69) is 6.92 Å². The molecule has 0 amide bonds. The van der Waals surface area contributed by atoms with Gasteiger partial charge in [0.15, 0.2) is 11.6 Å². The average molecular weight is 388 g/mol. The molecule has 27 heavy (non-hydrogen) atoms. The number of hydrogen-bond donors (Lipinski definition) is 0. The highest BCUT2D eigenvalue weighted by molar-refractivity contribution is 5.38. The van der Waals surface area contributed by atoms with Crippen LogP contribution in [0.2, 0.25) is 0 Å². The predicted octanol–water partition coefficient (Wildman–Crippen LogP) is 6.15. The van der Waals surface area contributed by atoms with E-state index in [-0.39, 0.29) is 29.9 Å². The third kappa shape index (κ3) is 4.95. The monoisotopic (exact) mass is 388 g/mol. The van der Waals surface area contributed by atoms with Crippen molar-refractivity contribution in [1.29, 1.82) is 0 Å². The van der Waals surface area contributed by atoms with E-state index in [9.17, 15) is 17.6 Å². The number of alkyl halides is 3. The summed E-state index contributed by atoms with van der Waals surface area (Å²) in [5.74, 6) is -0.160. The SMILES string of the molecule is Cc1ccc(OC[C@@H]2CCC(C3CCC(C)CC3)OC2)c(F)c1C(F)(F)F. The van der Waals surface area contributed by atoms with Gasteiger partial charge in [0.2, 0.25) is 0 Å². The number of ether oxygens (including phenoxy) is 2. The number of halogens is 4. The summed E-state index contributed by atoms with van der Waals surface area (Å²) in [7, 11) is 0. The molecule has 0 radical (unpaired) electrons. The van der Waals surface area contributed by atoms with Gasteiger partial charge in [-0.25, -0.2) is 4.39 Å². The van der Waals surface area contributed by atoms with Gasteiger partial charge in [-0.05, 0) is 56.1 Å². The lowest BCUT2D eigenvalue weighted by Crippen LogP contribution is -2.35. The van der Waals surface area contributed by atoms with E-state index in [1.165, 1.54) is 44.7 Å². The third-order valence-electron chi connectivity index (χ3n) is 6.06. The van der Waals surface area contributed by atoms with Crippen molar-refractivity contribution in [1.82, 2.24) is 0 Å². The molecular formula is C21H28F4O2. The molecule has 2 fully saturated rings. The number of benzene rings is 1. The van der Waals surface area contributed by atoms with E-state index in [1.807, 2.05) is 0 Å². The van der Waals surface area contributed by atoms with Gasteiger partial charge >= 0.3 is 6.18 Å². The Morgan fingerprint density at radius 3 is 2.37 bits per heavy atom. The Kier molecular flexibility index (Phi) is 6.34. The lowest BCUT2D eigenvalue weighted by Gasteiger charge is -2.37. The Bertz CT molecular complexity index is 628. The Hall–Kier alpha value is -1.30. The molecule has 1 unspecified atom stereocenters. The highest BCUT2D eigenvalue weighted by atomic mass is 19.4. The fourth-order valence-electron chi connectivity index (χ4n) is 4.31. The second kappa shape index (κ2) is 8.38. The molecule has 1 aromatic rings. The minimum Gasteiger partial charge on any atom is -0.490 e. The van der Waals surface area contributed by atoms with Gasteiger partial charge in [0.25, 0.3) is 0 Å². The zero-order valence-corrected chi connectivity index (χ0v) is 15.9. The Morgan fingerprint density at radius 1 is 1.07 bits per heavy atom. The van der Waals surface area contributed by atoms with E-state index in [1.54, 1.807) is 0 Å². The summed E-state index contributed by atoms with van der Waals surface area (Å²) >= 11 is 0. The van der Waals surface area contributed by atoms with Crippen molar-refractivity contribution in [3.05, 3.63) is 29.1 Å². The van der Waals surface area contributed by atoms with Crippen molar-refractivity contribution in [3.63, 3.8) is 0 Å². The predicted molar refractivity (Wildman–Crippen MR) is 95.2 cm³/mol. The first kappa shape index (κ1) is 20.4. The number of hydrogen-bond acceptors (Lipinski definition) is 2. The maximum atomic E-state index is 14.2. The van der Waals surface area contributed by atoms with E-state index < -0.39 is 17.6 Å². The maximum Gasteiger partial charge on any atom is 0.419 e. The summed E-state index contributed by atoms with van der Waals surface area (Å²) in [4.78, 5) is 0. The molecule has 0 aromatic heterocycles. The topological polar surface area (TPSA) is 18.5 Å². The van der Waals surface area contributed by atoms with Gasteiger partial charge in [-0.2, -0.15) is 13.2 Å². The molecule has 1 heterocycles. The average Bonchev–Trinajstić information content (AvgIpc) is 2.61. The van der Waals surface area contributed by atoms with Crippen LogP contribution in [-0.2, 0) is 10.9 Å². The molecule has 0 N–H and O–H groups in total. The molecule has 1 aliphatic carbocycles. The van der Waals surface area contributed by atoms with E-state index >= 15 is 0 Å². The summed E-state index contributed by atoms with van der Waals surface area (Å²) in [6.07, 6.45) is 2.32. The van der Waals surface area contributed by atoms with Crippen LogP contribution in [0.4, 0.5) is 17.6 Å². The lowest BCUT2D eigenvalue weighted by atomic mass is 9.78. The van der Waals surface area contributed by atoms with Crippen molar-refractivity contribution in [2.75, 3.05) is 13.2 Å². The summed E-state index contributed by atoms with van der Waals surface area (Å²) in [5.41, 5.74) is -1.38. The minimum atomic E-state index is -4.73. The van der Waals surface area contributed by atoms with E-state index in [0.717, 1.165) is 18.8 Å². The standard InChI is InChI=1S/C21H28F4O2/c1-13-3-7-16(8-4-13)17-10-6-15(11-26-17)12-27-18-9-5-14(2)19(20(18)22)21(23,24)25/h5,9,13,15-17H,3-4,6-8,10-12H2,1-2H3/t13?,15-,16?,17?/m1/s1. The van der Waals surface area contributed by atoms with Gasteiger partial charge in [-0.15, -0.1) is 0 Å². The van der Waals surface area contributed by atoms with Gasteiger partial charge in [-0.3, -0.25) is 0 Å². The van der Waals surface area contributed by atoms with Crippen molar-refractivity contribution < 1.29 is 27.0 Å². The normalized spacial score (nSPS) is 29.6. The summed E-state index contributed by atoms with van der Waals surface area (Å²) in [6.45, 7) is 4.23. The zero-order valence-electron chi connectivity index (χ0n) is 15.9. The van der Waals surface area contributed by atoms with Crippen molar-refractivity contribution >= 4 is 0 Å². The zero-order chi connectivity index (χ0) is 19.6. The molecule has 1 aliphatic heterocycles. The minimum absolute atomic E-state index is 0.0822. The molecule has 152 valence electrons. The van der Waals surface area contributed by atoms with Gasteiger partial charge in [-0.1, -0.05) is 25.8 Å². The van der Waals surface area contributed by atoms with Crippen molar-refractivity contribution in [2.24, 2.45) is 17.8 Å². The van der Waals surface area contributed by atoms with Gasteiger partial charge in [0.05, 0.1) is 24.9 Å². The summed E-state index contributed by atoms with van der Waals surface area (Å²) in [6, 6.07) is 2.52. The molecule has 6 heteroatoms. The fourth-order valence-corrected chi connectivity index (χ4v) is 4.31. The van der Waals surface area contributed by atoms with Gasteiger partial charge in [0, 0.05) is 5.92 Å². The molecule has 1 saturated carbocycles. The van der Waals surface area contributed by atoms with Crippen LogP contribution in [0.15, 0.2) is 12.1 Å². The van der Waals surface area contributed by atoms with Gasteiger partial charge < -0.3 is 9.47 Å². The molecule has 0 bridgehead atoms. The van der Waals surface area contributed by atoms with Crippen LogP contribution in [0.3, 0.4) is 0 Å². The first-order chi connectivity index (χ1) is 12.8. The summed E-state index contributed by atoms with van der Waals surface area (Å²) < 4.78 is 64.7. The number of aryl methyl sites for hydroxylation is 1. The second-order valence-electron chi connectivity index (χ2n) is 8.21. The highest BCUT2D eigenvalue weighted by Gasteiger charge is 2.37. The summed E-state index contributed by atoms with van der Waals surface area (Å²) in [5, 5.41) is 0. The second-order valence-corrected chi connectivity index (χ2v) is 8.21. The molecule has 2 nitrogen and oxygen atoms in total. The van der Waals surface area contributed by atoms with Crippen LogP contribution >= 0.6 is 0 Å². The molecule has 1 saturated heterocycles. The van der Waals surface area contributed by atoms with E-state index in [0.29, 0.717) is 12.5 Å². The van der Waals surface area contributed by atoms with Crippen LogP contribution in [0.5, 0.6) is 5.75 Å². The fraction of sp³-hybridized carbons (Fsp3) is 0.714. The highest BCUT2D eigenvalue weighted by Crippen LogP contribution is 2.38. The van der Waals surface area contributed by atoms with Crippen molar-refractivity contribution in [2.45, 2.75) is 64.7 Å². The van der Waals surface area contributed by atoms with Crippen LogP contribution in [0.1, 0.15) is 56.6 Å².